The third-order valence-electron chi connectivity index (χ3n) is 4.34. The first-order valence-corrected chi connectivity index (χ1v) is 9.90. The molecule has 1 aromatic heterocycles. The molecule has 1 fully saturated rings. The first kappa shape index (κ1) is 18.1. The van der Waals surface area contributed by atoms with E-state index in [1.54, 1.807) is 0 Å². The summed E-state index contributed by atoms with van der Waals surface area (Å²) in [7, 11) is 0. The van der Waals surface area contributed by atoms with E-state index in [2.05, 4.69) is 26.5 Å². The van der Waals surface area contributed by atoms with Crippen molar-refractivity contribution in [2.24, 2.45) is 5.92 Å². The molecule has 0 bridgehead atoms. The number of anilines is 1. The minimum atomic E-state index is 0.0453. The van der Waals surface area contributed by atoms with Gasteiger partial charge in [0, 0.05) is 42.6 Å². The normalized spacial score (nSPS) is 17.5. The molecular weight excluding hydrogens is 356 g/mol. The number of hydrogen-bond acceptors (Lipinski definition) is 5. The summed E-state index contributed by atoms with van der Waals surface area (Å²) in [6.45, 7) is 4.48. The largest absolute Gasteiger partial charge is 0.356 e. The van der Waals surface area contributed by atoms with Crippen LogP contribution in [0.1, 0.15) is 37.6 Å². The van der Waals surface area contributed by atoms with Crippen LogP contribution < -0.4 is 10.2 Å². The fourth-order valence-electron chi connectivity index (χ4n) is 2.99. The molecule has 5 nitrogen and oxygen atoms in total. The van der Waals surface area contributed by atoms with Gasteiger partial charge in [-0.3, -0.25) is 4.79 Å². The number of carbonyl (C=O) groups is 1. The lowest BCUT2D eigenvalue weighted by atomic mass is 9.97. The van der Waals surface area contributed by atoms with E-state index in [9.17, 15) is 4.79 Å². The average Bonchev–Trinajstić information content (AvgIpc) is 3.10. The lowest BCUT2D eigenvalue weighted by Gasteiger charge is -2.31. The van der Waals surface area contributed by atoms with Gasteiger partial charge in [0.25, 0.3) is 0 Å². The monoisotopic (exact) mass is 378 g/mol. The maximum atomic E-state index is 12.2. The van der Waals surface area contributed by atoms with Gasteiger partial charge in [0.05, 0.1) is 5.92 Å². The summed E-state index contributed by atoms with van der Waals surface area (Å²) in [6, 6.07) is 7.76. The van der Waals surface area contributed by atoms with E-state index in [0.29, 0.717) is 6.42 Å². The molecular formula is C18H23ClN4OS. The molecule has 7 heteroatoms. The molecule has 1 aliphatic rings. The van der Waals surface area contributed by atoms with Crippen LogP contribution in [0.3, 0.4) is 0 Å². The van der Waals surface area contributed by atoms with Crippen molar-refractivity contribution in [2.45, 2.75) is 32.6 Å². The van der Waals surface area contributed by atoms with Crippen LogP contribution in [0.4, 0.5) is 5.13 Å². The van der Waals surface area contributed by atoms with Crippen molar-refractivity contribution in [1.82, 2.24) is 14.7 Å². The summed E-state index contributed by atoms with van der Waals surface area (Å²) in [6.07, 6.45) is 3.62. The van der Waals surface area contributed by atoms with Crippen molar-refractivity contribution >= 4 is 34.2 Å². The zero-order valence-corrected chi connectivity index (χ0v) is 15.9. The molecule has 0 radical (unpaired) electrons. The SMILES string of the molecule is CCCNC(=O)[C@H]1CCCN(c2nc(Cc3ccc(Cl)cc3)ns2)C1. The number of hydrogen-bond donors (Lipinski definition) is 1. The van der Waals surface area contributed by atoms with Crippen LogP contribution in [0.5, 0.6) is 0 Å². The molecule has 0 spiro atoms. The summed E-state index contributed by atoms with van der Waals surface area (Å²) in [5.41, 5.74) is 1.14. The molecule has 1 amide bonds. The number of rotatable bonds is 6. The highest BCUT2D eigenvalue weighted by atomic mass is 35.5. The zero-order valence-electron chi connectivity index (χ0n) is 14.4. The minimum absolute atomic E-state index is 0.0453. The number of aromatic nitrogens is 2. The quantitative estimate of drug-likeness (QED) is 0.835. The van der Waals surface area contributed by atoms with Gasteiger partial charge in [-0.1, -0.05) is 30.7 Å². The van der Waals surface area contributed by atoms with Crippen LogP contribution in [0.15, 0.2) is 24.3 Å². The smallest absolute Gasteiger partial charge is 0.224 e. The summed E-state index contributed by atoms with van der Waals surface area (Å²) in [4.78, 5) is 19.1. The summed E-state index contributed by atoms with van der Waals surface area (Å²) in [5, 5.41) is 4.65. The maximum Gasteiger partial charge on any atom is 0.224 e. The molecule has 134 valence electrons. The van der Waals surface area contributed by atoms with E-state index in [4.69, 9.17) is 11.6 Å². The molecule has 3 rings (SSSR count). The second-order valence-corrected chi connectivity index (χ2v) is 7.54. The van der Waals surface area contributed by atoms with Gasteiger partial charge in [-0.05, 0) is 37.0 Å². The number of nitrogens with zero attached hydrogens (tertiary/aromatic N) is 3. The number of amides is 1. The van der Waals surface area contributed by atoms with Crippen molar-refractivity contribution in [2.75, 3.05) is 24.5 Å². The van der Waals surface area contributed by atoms with Crippen LogP contribution >= 0.6 is 23.1 Å². The van der Waals surface area contributed by atoms with Gasteiger partial charge in [0.2, 0.25) is 11.0 Å². The Bertz CT molecular complexity index is 703. The van der Waals surface area contributed by atoms with Crippen molar-refractivity contribution in [3.63, 3.8) is 0 Å². The molecule has 1 saturated heterocycles. The fraction of sp³-hybridized carbons (Fsp3) is 0.500. The summed E-state index contributed by atoms with van der Waals surface area (Å²) < 4.78 is 4.48. The van der Waals surface area contributed by atoms with E-state index in [1.165, 1.54) is 11.5 Å². The minimum Gasteiger partial charge on any atom is -0.356 e. The number of nitrogens with one attached hydrogen (secondary N) is 1. The van der Waals surface area contributed by atoms with Crippen molar-refractivity contribution in [1.29, 1.82) is 0 Å². The number of piperidine rings is 1. The average molecular weight is 379 g/mol. The van der Waals surface area contributed by atoms with Gasteiger partial charge in [0.1, 0.15) is 5.82 Å². The Balaban J connectivity index is 1.61. The first-order valence-electron chi connectivity index (χ1n) is 8.75. The standard InChI is InChI=1S/C18H23ClN4OS/c1-2-9-20-17(24)14-4-3-10-23(12-14)18-21-16(22-25-18)11-13-5-7-15(19)8-6-13/h5-8,14H,2-4,9-12H2,1H3,(H,20,24)/t14-/m0/s1. The third-order valence-corrected chi connectivity index (χ3v) is 5.41. The second-order valence-electron chi connectivity index (χ2n) is 6.37. The molecule has 1 aromatic carbocycles. The zero-order chi connectivity index (χ0) is 17.6. The predicted molar refractivity (Wildman–Crippen MR) is 102 cm³/mol. The third kappa shape index (κ3) is 4.92. The van der Waals surface area contributed by atoms with Crippen LogP contribution in [0.2, 0.25) is 5.02 Å². The number of carbonyl (C=O) groups excluding carboxylic acids is 1. The van der Waals surface area contributed by atoms with Crippen LogP contribution in [-0.4, -0.2) is 34.9 Å². The topological polar surface area (TPSA) is 58.1 Å². The number of benzene rings is 1. The van der Waals surface area contributed by atoms with Gasteiger partial charge in [0.15, 0.2) is 0 Å². The molecule has 25 heavy (non-hydrogen) atoms. The van der Waals surface area contributed by atoms with Crippen LogP contribution in [0, 0.1) is 5.92 Å². The van der Waals surface area contributed by atoms with E-state index < -0.39 is 0 Å². The van der Waals surface area contributed by atoms with Gasteiger partial charge >= 0.3 is 0 Å². The van der Waals surface area contributed by atoms with Crippen LogP contribution in [-0.2, 0) is 11.2 Å². The maximum absolute atomic E-state index is 12.2. The Kier molecular flexibility index (Phi) is 6.26. The van der Waals surface area contributed by atoms with E-state index >= 15 is 0 Å². The van der Waals surface area contributed by atoms with Gasteiger partial charge < -0.3 is 10.2 Å². The highest BCUT2D eigenvalue weighted by molar-refractivity contribution is 7.09. The lowest BCUT2D eigenvalue weighted by Crippen LogP contribution is -2.43. The summed E-state index contributed by atoms with van der Waals surface area (Å²) in [5.74, 6) is 1.03. The number of halogens is 1. The molecule has 1 aliphatic heterocycles. The Morgan fingerprint density at radius 2 is 2.20 bits per heavy atom. The van der Waals surface area contributed by atoms with E-state index in [0.717, 1.165) is 60.4 Å². The molecule has 2 aromatic rings. The van der Waals surface area contributed by atoms with Gasteiger partial charge in [-0.15, -0.1) is 0 Å². The fourth-order valence-corrected chi connectivity index (χ4v) is 3.83. The summed E-state index contributed by atoms with van der Waals surface area (Å²) >= 11 is 7.34. The second kappa shape index (κ2) is 8.63. The molecule has 1 N–H and O–H groups in total. The van der Waals surface area contributed by atoms with Gasteiger partial charge in [-0.25, -0.2) is 4.98 Å². The van der Waals surface area contributed by atoms with E-state index in [-0.39, 0.29) is 11.8 Å². The molecule has 0 saturated carbocycles. The molecule has 0 aliphatic carbocycles. The highest BCUT2D eigenvalue weighted by Crippen LogP contribution is 2.25. The van der Waals surface area contributed by atoms with Crippen molar-refractivity contribution in [3.05, 3.63) is 40.7 Å². The van der Waals surface area contributed by atoms with Crippen molar-refractivity contribution < 1.29 is 4.79 Å². The molecule has 0 unspecified atom stereocenters. The Morgan fingerprint density at radius 3 is 2.96 bits per heavy atom. The molecule has 1 atom stereocenters. The lowest BCUT2D eigenvalue weighted by molar-refractivity contribution is -0.125. The predicted octanol–water partition coefficient (Wildman–Crippen LogP) is 3.52. The van der Waals surface area contributed by atoms with E-state index in [1.807, 2.05) is 24.3 Å². The van der Waals surface area contributed by atoms with Gasteiger partial charge in [-0.2, -0.15) is 4.37 Å². The Morgan fingerprint density at radius 1 is 1.40 bits per heavy atom. The highest BCUT2D eigenvalue weighted by Gasteiger charge is 2.27. The first-order chi connectivity index (χ1) is 12.2. The molecule has 2 heterocycles. The Hall–Kier alpha value is -1.66. The van der Waals surface area contributed by atoms with Crippen LogP contribution in [0.25, 0.3) is 0 Å². The van der Waals surface area contributed by atoms with Crippen molar-refractivity contribution in [3.8, 4) is 0 Å². The Labute approximate surface area is 157 Å².